The first-order valence-corrected chi connectivity index (χ1v) is 4.17. The molecule has 1 aromatic heterocycles. The summed E-state index contributed by atoms with van der Waals surface area (Å²) in [6.45, 7) is 2.06. The third-order valence-electron chi connectivity index (χ3n) is 1.77. The second-order valence-electron chi connectivity index (χ2n) is 2.80. The minimum absolute atomic E-state index is 0.534. The highest BCUT2D eigenvalue weighted by Gasteiger charge is 1.93. The number of aryl methyl sites for hydroxylation is 1. The normalized spacial score (nSPS) is 10.4. The Kier molecular flexibility index (Phi) is 1.70. The second kappa shape index (κ2) is 2.72. The summed E-state index contributed by atoms with van der Waals surface area (Å²) in [5.74, 6) is 0. The average molecular weight is 176 g/mol. The summed E-state index contributed by atoms with van der Waals surface area (Å²) in [5, 5.41) is 1.10. The summed E-state index contributed by atoms with van der Waals surface area (Å²) in [4.78, 5) is 0. The molecule has 0 N–H and O–H groups in total. The summed E-state index contributed by atoms with van der Waals surface area (Å²) in [6, 6.07) is 9.82. The Morgan fingerprint density at radius 3 is 2.83 bits per heavy atom. The van der Waals surface area contributed by atoms with Gasteiger partial charge in [-0.3, -0.25) is 0 Å². The Bertz CT molecular complexity index is 470. The largest absolute Gasteiger partial charge is 0.445 e. The molecule has 0 fully saturated rings. The Labute approximate surface area is 75.6 Å². The van der Waals surface area contributed by atoms with E-state index in [0.29, 0.717) is 4.71 Å². The zero-order chi connectivity index (χ0) is 8.55. The molecule has 0 aliphatic heterocycles. The first-order valence-electron chi connectivity index (χ1n) is 3.76. The summed E-state index contributed by atoms with van der Waals surface area (Å²) in [5.41, 5.74) is 2.09. The molecule has 0 unspecified atom stereocenters. The second-order valence-corrected chi connectivity index (χ2v) is 3.20. The van der Waals surface area contributed by atoms with Gasteiger partial charge in [0.25, 0.3) is 0 Å². The van der Waals surface area contributed by atoms with Crippen LogP contribution in [-0.4, -0.2) is 0 Å². The lowest BCUT2D eigenvalue weighted by atomic mass is 10.2. The van der Waals surface area contributed by atoms with E-state index in [4.69, 9.17) is 16.6 Å². The van der Waals surface area contributed by atoms with E-state index in [9.17, 15) is 0 Å². The molecule has 60 valence electrons. The van der Waals surface area contributed by atoms with Crippen molar-refractivity contribution < 1.29 is 4.42 Å². The minimum atomic E-state index is 0.534. The zero-order valence-corrected chi connectivity index (χ0v) is 7.52. The lowest BCUT2D eigenvalue weighted by Gasteiger charge is -1.96. The van der Waals surface area contributed by atoms with E-state index in [1.54, 1.807) is 6.07 Å². The summed E-state index contributed by atoms with van der Waals surface area (Å²) in [6.07, 6.45) is 0. The highest BCUT2D eigenvalue weighted by atomic mass is 32.1. The fourth-order valence-corrected chi connectivity index (χ4v) is 1.35. The molecule has 0 saturated heterocycles. The highest BCUT2D eigenvalue weighted by molar-refractivity contribution is 7.71. The summed E-state index contributed by atoms with van der Waals surface area (Å²) in [7, 11) is 0. The molecule has 2 aromatic rings. The number of hydrogen-bond donors (Lipinski definition) is 0. The molecule has 0 saturated carbocycles. The topological polar surface area (TPSA) is 13.1 Å². The van der Waals surface area contributed by atoms with Crippen molar-refractivity contribution in [1.29, 1.82) is 0 Å². The number of fused-ring (bicyclic) bond motifs is 1. The molecule has 0 atom stereocenters. The lowest BCUT2D eigenvalue weighted by molar-refractivity contribution is 0.586. The van der Waals surface area contributed by atoms with Crippen LogP contribution >= 0.6 is 12.2 Å². The molecule has 1 heterocycles. The maximum Gasteiger partial charge on any atom is 0.190 e. The highest BCUT2D eigenvalue weighted by Crippen LogP contribution is 2.15. The van der Waals surface area contributed by atoms with Gasteiger partial charge in [0.05, 0.1) is 0 Å². The molecule has 0 amide bonds. The van der Waals surface area contributed by atoms with Gasteiger partial charge in [-0.25, -0.2) is 0 Å². The molecule has 1 aromatic carbocycles. The Hall–Kier alpha value is -1.15. The van der Waals surface area contributed by atoms with E-state index in [2.05, 4.69) is 13.0 Å². The molecule has 0 radical (unpaired) electrons. The van der Waals surface area contributed by atoms with Crippen molar-refractivity contribution in [3.8, 4) is 0 Å². The van der Waals surface area contributed by atoms with Crippen molar-refractivity contribution >= 4 is 23.2 Å². The van der Waals surface area contributed by atoms with Gasteiger partial charge in [0.1, 0.15) is 5.58 Å². The molecule has 0 aliphatic carbocycles. The number of benzene rings is 1. The third-order valence-corrected chi connectivity index (χ3v) is 1.99. The molecule has 2 rings (SSSR count). The van der Waals surface area contributed by atoms with E-state index < -0.39 is 0 Å². The fourth-order valence-electron chi connectivity index (χ4n) is 1.19. The van der Waals surface area contributed by atoms with Crippen molar-refractivity contribution in [1.82, 2.24) is 0 Å². The predicted molar refractivity (Wildman–Crippen MR) is 51.8 cm³/mol. The molecule has 1 nitrogen and oxygen atoms in total. The van der Waals surface area contributed by atoms with Crippen LogP contribution in [0.15, 0.2) is 34.7 Å². The van der Waals surface area contributed by atoms with Crippen molar-refractivity contribution in [2.45, 2.75) is 6.92 Å². The Morgan fingerprint density at radius 2 is 2.00 bits per heavy atom. The van der Waals surface area contributed by atoms with Crippen LogP contribution < -0.4 is 0 Å². The van der Waals surface area contributed by atoms with Crippen molar-refractivity contribution in [2.75, 3.05) is 0 Å². The molecular formula is C10H8OS. The van der Waals surface area contributed by atoms with Crippen molar-refractivity contribution in [3.05, 3.63) is 40.6 Å². The van der Waals surface area contributed by atoms with Crippen LogP contribution in [0.4, 0.5) is 0 Å². The van der Waals surface area contributed by atoms with Gasteiger partial charge in [0.2, 0.25) is 0 Å². The molecule has 12 heavy (non-hydrogen) atoms. The number of hydrogen-bond acceptors (Lipinski definition) is 2. The van der Waals surface area contributed by atoms with Gasteiger partial charge in [-0.2, -0.15) is 0 Å². The van der Waals surface area contributed by atoms with E-state index >= 15 is 0 Å². The van der Waals surface area contributed by atoms with Gasteiger partial charge in [0, 0.05) is 5.39 Å². The van der Waals surface area contributed by atoms with Crippen LogP contribution in [0.1, 0.15) is 5.56 Å². The molecule has 2 heteroatoms. The molecule has 0 bridgehead atoms. The van der Waals surface area contributed by atoms with Gasteiger partial charge < -0.3 is 4.42 Å². The average Bonchev–Trinajstić information content (AvgIpc) is 2.05. The number of rotatable bonds is 0. The molecule has 0 aliphatic rings. The molecular weight excluding hydrogens is 168 g/mol. The molecule has 0 spiro atoms. The quantitative estimate of drug-likeness (QED) is 0.570. The smallest absolute Gasteiger partial charge is 0.190 e. The van der Waals surface area contributed by atoms with Gasteiger partial charge in [0.15, 0.2) is 4.71 Å². The van der Waals surface area contributed by atoms with Crippen molar-refractivity contribution in [2.24, 2.45) is 0 Å². The van der Waals surface area contributed by atoms with Crippen molar-refractivity contribution in [3.63, 3.8) is 0 Å². The van der Waals surface area contributed by atoms with Gasteiger partial charge in [-0.1, -0.05) is 11.6 Å². The van der Waals surface area contributed by atoms with Gasteiger partial charge >= 0.3 is 0 Å². The van der Waals surface area contributed by atoms with Crippen LogP contribution in [0, 0.1) is 11.6 Å². The minimum Gasteiger partial charge on any atom is -0.445 e. The summed E-state index contributed by atoms with van der Waals surface area (Å²) >= 11 is 4.91. The SMILES string of the molecule is Cc1ccc2oc(=S)ccc2c1. The lowest BCUT2D eigenvalue weighted by Crippen LogP contribution is -1.74. The third kappa shape index (κ3) is 1.25. The van der Waals surface area contributed by atoms with E-state index in [1.807, 2.05) is 18.2 Å². The monoisotopic (exact) mass is 176 g/mol. The summed E-state index contributed by atoms with van der Waals surface area (Å²) < 4.78 is 5.87. The first kappa shape index (κ1) is 7.50. The Balaban J connectivity index is 2.87. The van der Waals surface area contributed by atoms with Crippen LogP contribution in [0.25, 0.3) is 11.0 Å². The van der Waals surface area contributed by atoms with E-state index in [-0.39, 0.29) is 0 Å². The maximum absolute atomic E-state index is 5.33. The van der Waals surface area contributed by atoms with Gasteiger partial charge in [-0.15, -0.1) is 0 Å². The first-order chi connectivity index (χ1) is 5.75. The van der Waals surface area contributed by atoms with E-state index in [0.717, 1.165) is 11.0 Å². The van der Waals surface area contributed by atoms with Crippen LogP contribution in [-0.2, 0) is 0 Å². The van der Waals surface area contributed by atoms with Crippen LogP contribution in [0.2, 0.25) is 0 Å². The fraction of sp³-hybridized carbons (Fsp3) is 0.100. The van der Waals surface area contributed by atoms with Gasteiger partial charge in [-0.05, 0) is 43.4 Å². The Morgan fingerprint density at radius 1 is 1.17 bits per heavy atom. The predicted octanol–water partition coefficient (Wildman–Crippen LogP) is 3.47. The van der Waals surface area contributed by atoms with Crippen LogP contribution in [0.3, 0.4) is 0 Å². The van der Waals surface area contributed by atoms with E-state index in [1.165, 1.54) is 5.56 Å². The zero-order valence-electron chi connectivity index (χ0n) is 6.70. The standard InChI is InChI=1S/C10H8OS/c1-7-2-4-9-8(6-7)3-5-10(12)11-9/h2-6H,1H3. The maximum atomic E-state index is 5.33. The van der Waals surface area contributed by atoms with Crippen LogP contribution in [0.5, 0.6) is 0 Å².